The van der Waals surface area contributed by atoms with Crippen molar-refractivity contribution in [2.24, 2.45) is 0 Å². The number of anilines is 1. The van der Waals surface area contributed by atoms with Gasteiger partial charge in [-0.2, -0.15) is 0 Å². The molecule has 0 atom stereocenters. The van der Waals surface area contributed by atoms with Gasteiger partial charge in [-0.3, -0.25) is 9.88 Å². The largest absolute Gasteiger partial charge is 0.391 e. The highest BCUT2D eigenvalue weighted by atomic mass is 35.5. The van der Waals surface area contributed by atoms with Gasteiger partial charge in [0, 0.05) is 79.1 Å². The second-order valence-electron chi connectivity index (χ2n) is 9.01. The minimum absolute atomic E-state index is 0.593. The zero-order chi connectivity index (χ0) is 23.8. The minimum Gasteiger partial charge on any atom is -0.391 e. The normalized spacial score (nSPS) is 15.8. The van der Waals surface area contributed by atoms with Crippen molar-refractivity contribution >= 4 is 28.2 Å². The maximum atomic E-state index is 6.12. The van der Waals surface area contributed by atoms with Crippen LogP contribution in [0.25, 0.3) is 10.9 Å². The first kappa shape index (κ1) is 24.6. The Labute approximate surface area is 208 Å². The summed E-state index contributed by atoms with van der Waals surface area (Å²) >= 11 is 6.12. The van der Waals surface area contributed by atoms with E-state index >= 15 is 0 Å². The lowest BCUT2D eigenvalue weighted by Crippen LogP contribution is -2.46. The monoisotopic (exact) mass is 480 g/mol. The van der Waals surface area contributed by atoms with E-state index < -0.39 is 0 Å². The first-order chi connectivity index (χ1) is 16.7. The lowest BCUT2D eigenvalue weighted by molar-refractivity contribution is 0.110. The Balaban J connectivity index is 1.30. The molecule has 3 N–H and O–H groups in total. The second kappa shape index (κ2) is 12.2. The SMILES string of the molecule is CC/C=C(/CN(Cc1ccc[nH]1)C1CCN(CCNc2ccnc3cc(Cl)ccc23)CC1)NC. The number of aromatic amines is 1. The van der Waals surface area contributed by atoms with Gasteiger partial charge in [0.2, 0.25) is 0 Å². The van der Waals surface area contributed by atoms with E-state index in [9.17, 15) is 0 Å². The molecule has 2 aromatic heterocycles. The minimum atomic E-state index is 0.593. The Hall–Kier alpha value is -2.54. The molecule has 3 heterocycles. The van der Waals surface area contributed by atoms with Gasteiger partial charge in [0.15, 0.2) is 0 Å². The van der Waals surface area contributed by atoms with Gasteiger partial charge in [-0.1, -0.05) is 24.6 Å². The molecule has 1 saturated heterocycles. The van der Waals surface area contributed by atoms with Crippen LogP contribution in [-0.2, 0) is 6.54 Å². The van der Waals surface area contributed by atoms with Crippen LogP contribution in [0.3, 0.4) is 0 Å². The summed E-state index contributed by atoms with van der Waals surface area (Å²) in [5.74, 6) is 0. The number of H-pyrrole nitrogens is 1. The molecule has 34 heavy (non-hydrogen) atoms. The van der Waals surface area contributed by atoms with Crippen LogP contribution in [0.5, 0.6) is 0 Å². The molecule has 0 amide bonds. The molecule has 0 aliphatic carbocycles. The standard InChI is InChI=1S/C27H37ClN6/c1-3-5-22(29-2)19-34(20-23-6-4-12-30-23)24-10-15-33(16-11-24)17-14-32-26-9-13-31-27-18-21(28)7-8-25(26)27/h4-9,12-13,18,24,29-30H,3,10-11,14-17,19-20H2,1-2H3,(H,31,32)/b22-5-. The van der Waals surface area contributed by atoms with Gasteiger partial charge in [-0.15, -0.1) is 0 Å². The third kappa shape index (κ3) is 6.53. The number of benzene rings is 1. The number of nitrogens with zero attached hydrogens (tertiary/aromatic N) is 3. The summed E-state index contributed by atoms with van der Waals surface area (Å²) in [7, 11) is 2.03. The van der Waals surface area contributed by atoms with Crippen LogP contribution < -0.4 is 10.6 Å². The molecule has 3 aromatic rings. The van der Waals surface area contributed by atoms with E-state index in [1.807, 2.05) is 43.7 Å². The van der Waals surface area contributed by atoms with Crippen molar-refractivity contribution in [3.8, 4) is 0 Å². The Kier molecular flexibility index (Phi) is 8.85. The smallest absolute Gasteiger partial charge is 0.0737 e. The van der Waals surface area contributed by atoms with Crippen molar-refractivity contribution in [3.63, 3.8) is 0 Å². The molecule has 1 aromatic carbocycles. The Morgan fingerprint density at radius 3 is 2.85 bits per heavy atom. The van der Waals surface area contributed by atoms with E-state index in [1.165, 1.54) is 24.2 Å². The lowest BCUT2D eigenvalue weighted by Gasteiger charge is -2.39. The van der Waals surface area contributed by atoms with Crippen LogP contribution >= 0.6 is 11.6 Å². The quantitative estimate of drug-likeness (QED) is 0.356. The van der Waals surface area contributed by atoms with Crippen LogP contribution in [0.15, 0.2) is 60.6 Å². The van der Waals surface area contributed by atoms with Gasteiger partial charge in [0.1, 0.15) is 0 Å². The topological polar surface area (TPSA) is 59.2 Å². The number of halogens is 1. The number of piperidine rings is 1. The van der Waals surface area contributed by atoms with Crippen LogP contribution in [0.1, 0.15) is 31.9 Å². The Morgan fingerprint density at radius 1 is 1.26 bits per heavy atom. The highest BCUT2D eigenvalue weighted by Gasteiger charge is 2.25. The van der Waals surface area contributed by atoms with Gasteiger partial charge in [0.25, 0.3) is 0 Å². The van der Waals surface area contributed by atoms with Crippen molar-refractivity contribution < 1.29 is 0 Å². The van der Waals surface area contributed by atoms with Crippen LogP contribution in [0.4, 0.5) is 5.69 Å². The molecule has 0 bridgehead atoms. The molecular weight excluding hydrogens is 444 g/mol. The Bertz CT molecular complexity index is 1060. The fraction of sp³-hybridized carbons (Fsp3) is 0.444. The van der Waals surface area contributed by atoms with Crippen molar-refractivity contribution in [2.75, 3.05) is 45.1 Å². The molecule has 182 valence electrons. The van der Waals surface area contributed by atoms with E-state index in [4.69, 9.17) is 11.6 Å². The number of hydrogen-bond donors (Lipinski definition) is 3. The second-order valence-corrected chi connectivity index (χ2v) is 9.44. The number of hydrogen-bond acceptors (Lipinski definition) is 5. The van der Waals surface area contributed by atoms with Crippen LogP contribution in [0.2, 0.25) is 5.02 Å². The van der Waals surface area contributed by atoms with Gasteiger partial charge in [-0.05, 0) is 68.8 Å². The van der Waals surface area contributed by atoms with Crippen molar-refractivity contribution in [3.05, 3.63) is 71.3 Å². The Morgan fingerprint density at radius 2 is 2.12 bits per heavy atom. The number of pyridine rings is 1. The maximum absolute atomic E-state index is 6.12. The van der Waals surface area contributed by atoms with Crippen LogP contribution in [-0.4, -0.2) is 65.6 Å². The predicted molar refractivity (Wildman–Crippen MR) is 143 cm³/mol. The highest BCUT2D eigenvalue weighted by molar-refractivity contribution is 6.31. The van der Waals surface area contributed by atoms with Crippen LogP contribution in [0, 0.1) is 0 Å². The third-order valence-corrected chi connectivity index (χ3v) is 6.94. The zero-order valence-corrected chi connectivity index (χ0v) is 21.1. The van der Waals surface area contributed by atoms with E-state index in [1.54, 1.807) is 0 Å². The van der Waals surface area contributed by atoms with Crippen molar-refractivity contribution in [2.45, 2.75) is 38.8 Å². The maximum Gasteiger partial charge on any atom is 0.0737 e. The number of rotatable bonds is 11. The number of allylic oxidation sites excluding steroid dienone is 1. The molecule has 1 aliphatic rings. The predicted octanol–water partition coefficient (Wildman–Crippen LogP) is 5.11. The average molecular weight is 481 g/mol. The first-order valence-corrected chi connectivity index (χ1v) is 12.8. The van der Waals surface area contributed by atoms with Gasteiger partial charge < -0.3 is 20.5 Å². The molecule has 7 heteroatoms. The molecule has 0 spiro atoms. The van der Waals surface area contributed by atoms with E-state index in [2.05, 4.69) is 55.5 Å². The molecule has 1 aliphatic heterocycles. The summed E-state index contributed by atoms with van der Waals surface area (Å²) in [5.41, 5.74) is 4.64. The number of likely N-dealkylation sites (tertiary alicyclic amines) is 1. The fourth-order valence-electron chi connectivity index (χ4n) is 4.84. The highest BCUT2D eigenvalue weighted by Crippen LogP contribution is 2.24. The fourth-order valence-corrected chi connectivity index (χ4v) is 5.01. The summed E-state index contributed by atoms with van der Waals surface area (Å²) in [5, 5.41) is 8.85. The summed E-state index contributed by atoms with van der Waals surface area (Å²) < 4.78 is 0. The van der Waals surface area contributed by atoms with E-state index in [0.717, 1.165) is 67.3 Å². The van der Waals surface area contributed by atoms with Gasteiger partial charge >= 0.3 is 0 Å². The summed E-state index contributed by atoms with van der Waals surface area (Å²) in [6, 6.07) is 12.8. The lowest BCUT2D eigenvalue weighted by atomic mass is 10.0. The number of fused-ring (bicyclic) bond motifs is 1. The zero-order valence-electron chi connectivity index (χ0n) is 20.4. The van der Waals surface area contributed by atoms with Gasteiger partial charge in [0.05, 0.1) is 5.52 Å². The van der Waals surface area contributed by atoms with Crippen molar-refractivity contribution in [1.82, 2.24) is 25.1 Å². The first-order valence-electron chi connectivity index (χ1n) is 12.4. The number of likely N-dealkylation sites (N-methyl/N-ethyl adjacent to an activating group) is 1. The molecular formula is C27H37ClN6. The van der Waals surface area contributed by atoms with Gasteiger partial charge in [-0.25, -0.2) is 0 Å². The molecule has 1 fully saturated rings. The third-order valence-electron chi connectivity index (χ3n) is 6.70. The molecule has 0 saturated carbocycles. The number of nitrogens with one attached hydrogen (secondary N) is 3. The summed E-state index contributed by atoms with van der Waals surface area (Å²) in [6.07, 6.45) is 9.61. The molecule has 0 radical (unpaired) electrons. The number of aromatic nitrogens is 2. The summed E-state index contributed by atoms with van der Waals surface area (Å²) in [4.78, 5) is 13.0. The molecule has 0 unspecified atom stereocenters. The molecule has 6 nitrogen and oxygen atoms in total. The van der Waals surface area contributed by atoms with E-state index in [0.29, 0.717) is 6.04 Å². The van der Waals surface area contributed by atoms with Crippen molar-refractivity contribution in [1.29, 1.82) is 0 Å². The summed E-state index contributed by atoms with van der Waals surface area (Å²) in [6.45, 7) is 8.35. The molecule has 4 rings (SSSR count). The van der Waals surface area contributed by atoms with E-state index in [-0.39, 0.29) is 0 Å². The average Bonchev–Trinajstić information content (AvgIpc) is 3.37.